The van der Waals surface area contributed by atoms with Gasteiger partial charge >= 0.3 is 5.69 Å². The Labute approximate surface area is 167 Å². The summed E-state index contributed by atoms with van der Waals surface area (Å²) in [6.45, 7) is -0.339. The number of carbonyl (C=O) groups excluding carboxylic acids is 2. The highest BCUT2D eigenvalue weighted by molar-refractivity contribution is 9.10. The minimum Gasteiger partial charge on any atom is -0.354 e. The van der Waals surface area contributed by atoms with Gasteiger partial charge in [-0.05, 0) is 36.4 Å². The fraction of sp³-hybridized carbons (Fsp3) is 0.158. The molecular formula is C19H17BrN4O4. The third kappa shape index (κ3) is 4.74. The molecule has 3 aromatic rings. The van der Waals surface area contributed by atoms with Gasteiger partial charge in [0.1, 0.15) is 6.54 Å². The van der Waals surface area contributed by atoms with Gasteiger partial charge in [0.15, 0.2) is 0 Å². The first-order chi connectivity index (χ1) is 13.4. The minimum atomic E-state index is -0.660. The van der Waals surface area contributed by atoms with Crippen molar-refractivity contribution in [2.24, 2.45) is 0 Å². The number of halogens is 1. The number of carbonyl (C=O) groups is 2. The molecule has 0 bridgehead atoms. The SMILES string of the molecule is O=C(Cn1c(=O)[nH]c2ccccc2c1=O)NCCC(=O)Nc1ccc(Br)cc1. The van der Waals surface area contributed by atoms with Gasteiger partial charge in [0.05, 0.1) is 10.9 Å². The number of amides is 2. The van der Waals surface area contributed by atoms with Crippen molar-refractivity contribution < 1.29 is 9.59 Å². The van der Waals surface area contributed by atoms with Gasteiger partial charge in [-0.2, -0.15) is 0 Å². The third-order valence-electron chi connectivity index (χ3n) is 3.99. The van der Waals surface area contributed by atoms with Gasteiger partial charge in [-0.15, -0.1) is 0 Å². The summed E-state index contributed by atoms with van der Waals surface area (Å²) >= 11 is 3.31. The first kappa shape index (κ1) is 19.6. The van der Waals surface area contributed by atoms with E-state index in [1.165, 1.54) is 0 Å². The van der Waals surface area contributed by atoms with Crippen molar-refractivity contribution in [2.45, 2.75) is 13.0 Å². The van der Waals surface area contributed by atoms with Crippen LogP contribution >= 0.6 is 15.9 Å². The number of hydrogen-bond donors (Lipinski definition) is 3. The van der Waals surface area contributed by atoms with E-state index in [0.717, 1.165) is 9.04 Å². The van der Waals surface area contributed by atoms with E-state index in [2.05, 4.69) is 31.5 Å². The smallest absolute Gasteiger partial charge is 0.329 e. The van der Waals surface area contributed by atoms with Gasteiger partial charge in [-0.25, -0.2) is 4.79 Å². The lowest BCUT2D eigenvalue weighted by atomic mass is 10.2. The molecule has 1 aromatic heterocycles. The number of hydrogen-bond acceptors (Lipinski definition) is 4. The second kappa shape index (κ2) is 8.66. The van der Waals surface area contributed by atoms with Gasteiger partial charge in [0, 0.05) is 23.1 Å². The van der Waals surface area contributed by atoms with E-state index in [1.807, 2.05) is 0 Å². The van der Waals surface area contributed by atoms with Crippen LogP contribution in [0.3, 0.4) is 0 Å². The Morgan fingerprint density at radius 3 is 2.46 bits per heavy atom. The first-order valence-electron chi connectivity index (χ1n) is 8.48. The molecule has 2 aromatic carbocycles. The fourth-order valence-electron chi connectivity index (χ4n) is 2.61. The number of H-pyrrole nitrogens is 1. The van der Waals surface area contributed by atoms with Crippen molar-refractivity contribution in [2.75, 3.05) is 11.9 Å². The van der Waals surface area contributed by atoms with Crippen molar-refractivity contribution in [3.05, 3.63) is 73.8 Å². The summed E-state index contributed by atoms with van der Waals surface area (Å²) in [4.78, 5) is 51.0. The molecule has 0 radical (unpaired) electrons. The molecule has 3 rings (SSSR count). The minimum absolute atomic E-state index is 0.0603. The molecular weight excluding hydrogens is 428 g/mol. The van der Waals surface area contributed by atoms with E-state index in [1.54, 1.807) is 48.5 Å². The molecule has 0 saturated carbocycles. The highest BCUT2D eigenvalue weighted by atomic mass is 79.9. The molecule has 3 N–H and O–H groups in total. The summed E-state index contributed by atoms with van der Waals surface area (Å²) in [6.07, 6.45) is 0.0603. The summed E-state index contributed by atoms with van der Waals surface area (Å²) in [6, 6.07) is 13.7. The molecule has 1 heterocycles. The number of benzene rings is 2. The van der Waals surface area contributed by atoms with E-state index in [9.17, 15) is 19.2 Å². The predicted molar refractivity (Wildman–Crippen MR) is 109 cm³/mol. The van der Waals surface area contributed by atoms with Crippen LogP contribution in [0, 0.1) is 0 Å². The standard InChI is InChI=1S/C19H17BrN4O4/c20-12-5-7-13(8-6-12)22-16(25)9-10-21-17(26)11-24-18(27)14-3-1-2-4-15(14)23-19(24)28/h1-8H,9-11H2,(H,21,26)(H,22,25)(H,23,28). The molecule has 8 nitrogen and oxygen atoms in total. The zero-order valence-corrected chi connectivity index (χ0v) is 16.3. The third-order valence-corrected chi connectivity index (χ3v) is 4.52. The molecule has 0 saturated heterocycles. The van der Waals surface area contributed by atoms with Crippen LogP contribution in [-0.2, 0) is 16.1 Å². The number of aromatic amines is 1. The van der Waals surface area contributed by atoms with Gasteiger partial charge in [0.2, 0.25) is 11.8 Å². The van der Waals surface area contributed by atoms with Crippen LogP contribution in [-0.4, -0.2) is 27.9 Å². The number of nitrogens with one attached hydrogen (secondary N) is 3. The summed E-state index contributed by atoms with van der Waals surface area (Å²) in [5.74, 6) is -0.789. The molecule has 0 spiro atoms. The Bertz CT molecular complexity index is 1140. The lowest BCUT2D eigenvalue weighted by Crippen LogP contribution is -2.41. The number of anilines is 1. The quantitative estimate of drug-likeness (QED) is 0.535. The van der Waals surface area contributed by atoms with E-state index in [4.69, 9.17) is 0 Å². The van der Waals surface area contributed by atoms with Crippen LogP contribution < -0.4 is 21.9 Å². The maximum absolute atomic E-state index is 12.4. The van der Waals surface area contributed by atoms with Crippen LogP contribution in [0.1, 0.15) is 6.42 Å². The van der Waals surface area contributed by atoms with Crippen molar-refractivity contribution in [3.8, 4) is 0 Å². The number of para-hydroxylation sites is 1. The molecule has 0 fully saturated rings. The predicted octanol–water partition coefficient (Wildman–Crippen LogP) is 1.60. The summed E-state index contributed by atoms with van der Waals surface area (Å²) in [5.41, 5.74) is -0.137. The molecule has 0 aliphatic rings. The van der Waals surface area contributed by atoms with Crippen LogP contribution in [0.5, 0.6) is 0 Å². The Morgan fingerprint density at radius 1 is 1.00 bits per heavy atom. The summed E-state index contributed by atoms with van der Waals surface area (Å²) < 4.78 is 1.73. The van der Waals surface area contributed by atoms with Gasteiger partial charge < -0.3 is 15.6 Å². The second-order valence-electron chi connectivity index (χ2n) is 6.02. The fourth-order valence-corrected chi connectivity index (χ4v) is 2.88. The normalized spacial score (nSPS) is 10.6. The highest BCUT2D eigenvalue weighted by Crippen LogP contribution is 2.14. The topological polar surface area (TPSA) is 113 Å². The van der Waals surface area contributed by atoms with E-state index < -0.39 is 23.7 Å². The first-order valence-corrected chi connectivity index (χ1v) is 9.27. The van der Waals surface area contributed by atoms with Crippen molar-refractivity contribution in [1.29, 1.82) is 0 Å². The van der Waals surface area contributed by atoms with Crippen LogP contribution in [0.4, 0.5) is 5.69 Å². The average Bonchev–Trinajstić information content (AvgIpc) is 2.67. The molecule has 28 heavy (non-hydrogen) atoms. The molecule has 9 heteroatoms. The van der Waals surface area contributed by atoms with Gasteiger partial charge in [-0.1, -0.05) is 28.1 Å². The Kier molecular flexibility index (Phi) is 6.05. The lowest BCUT2D eigenvalue weighted by Gasteiger charge is -2.08. The van der Waals surface area contributed by atoms with Crippen LogP contribution in [0.15, 0.2) is 62.6 Å². The van der Waals surface area contributed by atoms with E-state index >= 15 is 0 Å². The second-order valence-corrected chi connectivity index (χ2v) is 6.94. The molecule has 0 unspecified atom stereocenters. The molecule has 0 atom stereocenters. The maximum atomic E-state index is 12.4. The van der Waals surface area contributed by atoms with Crippen molar-refractivity contribution in [3.63, 3.8) is 0 Å². The van der Waals surface area contributed by atoms with Gasteiger partial charge in [0.25, 0.3) is 5.56 Å². The molecule has 2 amide bonds. The largest absolute Gasteiger partial charge is 0.354 e. The summed E-state index contributed by atoms with van der Waals surface area (Å²) in [7, 11) is 0. The van der Waals surface area contributed by atoms with Crippen LogP contribution in [0.25, 0.3) is 10.9 Å². The maximum Gasteiger partial charge on any atom is 0.329 e. The summed E-state index contributed by atoms with van der Waals surface area (Å²) in [5, 5.41) is 5.57. The van der Waals surface area contributed by atoms with Crippen LogP contribution in [0.2, 0.25) is 0 Å². The number of nitrogens with zero attached hydrogens (tertiary/aromatic N) is 1. The number of aromatic nitrogens is 2. The van der Waals surface area contributed by atoms with Crippen molar-refractivity contribution >= 4 is 44.3 Å². The molecule has 0 aliphatic carbocycles. The van der Waals surface area contributed by atoms with Crippen molar-refractivity contribution in [1.82, 2.24) is 14.9 Å². The lowest BCUT2D eigenvalue weighted by molar-refractivity contribution is -0.122. The zero-order chi connectivity index (χ0) is 20.1. The average molecular weight is 445 g/mol. The highest BCUT2D eigenvalue weighted by Gasteiger charge is 2.11. The zero-order valence-electron chi connectivity index (χ0n) is 14.7. The van der Waals surface area contributed by atoms with E-state index in [-0.39, 0.29) is 18.9 Å². The molecule has 144 valence electrons. The Hall–Kier alpha value is -3.20. The Balaban J connectivity index is 1.55. The number of rotatable bonds is 6. The number of fused-ring (bicyclic) bond motifs is 1. The monoisotopic (exact) mass is 444 g/mol. The molecule has 0 aliphatic heterocycles. The van der Waals surface area contributed by atoms with E-state index in [0.29, 0.717) is 16.6 Å². The van der Waals surface area contributed by atoms with Gasteiger partial charge in [-0.3, -0.25) is 19.0 Å². The Morgan fingerprint density at radius 2 is 1.71 bits per heavy atom.